The molecule has 0 spiro atoms. The molecule has 8 heterocycles. The molecule has 18 nitrogen and oxygen atoms in total. The first kappa shape index (κ1) is 81.6. The van der Waals surface area contributed by atoms with Crippen molar-refractivity contribution in [2.75, 3.05) is 11.5 Å². The lowest BCUT2D eigenvalue weighted by Gasteiger charge is -2.08. The predicted molar refractivity (Wildman–Crippen MR) is 500 cm³/mol. The molecule has 20 aromatic rings. The third-order valence-electron chi connectivity index (χ3n) is 20.8. The lowest BCUT2D eigenvalue weighted by molar-refractivity contribution is 0.103. The van der Waals surface area contributed by atoms with Crippen molar-refractivity contribution in [3.63, 3.8) is 0 Å². The predicted octanol–water partition coefficient (Wildman–Crippen LogP) is 25.4. The molecule has 0 aliphatic rings. The zero-order valence-electron chi connectivity index (χ0n) is 66.2. The molecule has 0 aliphatic heterocycles. The van der Waals surface area contributed by atoms with Crippen molar-refractivity contribution in [3.05, 3.63) is 354 Å². The van der Waals surface area contributed by atoms with Crippen LogP contribution in [0, 0.1) is 27.7 Å². The molecule has 20 rings (SSSR count). The minimum absolute atomic E-state index is 0.00874. The molecule has 0 bridgehead atoms. The van der Waals surface area contributed by atoms with Gasteiger partial charge in [0.2, 0.25) is 40.8 Å². The van der Waals surface area contributed by atoms with Crippen molar-refractivity contribution in [1.82, 2.24) is 19.9 Å². The number of aryl methyl sites for hydroxylation is 4. The maximum absolute atomic E-state index is 13.5. The van der Waals surface area contributed by atoms with Gasteiger partial charge in [0.1, 0.15) is 45.1 Å². The Morgan fingerprint density at radius 1 is 0.290 bits per heavy atom. The third kappa shape index (κ3) is 16.7. The minimum atomic E-state index is -0.172. The average Bonchev–Trinajstić information content (AvgIpc) is 1.63. The fourth-order valence-electron chi connectivity index (χ4n) is 14.7. The molecule has 12 aromatic carbocycles. The van der Waals surface area contributed by atoms with Crippen molar-refractivity contribution in [3.8, 4) is 123 Å². The van der Waals surface area contributed by atoms with E-state index in [-0.39, 0.29) is 57.9 Å². The van der Waals surface area contributed by atoms with Crippen LogP contribution < -0.4 is 11.5 Å². The minimum Gasteiger partial charge on any atom is -0.508 e. The van der Waals surface area contributed by atoms with Crippen LogP contribution in [0.15, 0.2) is 299 Å². The number of phenolic OH excluding ortho intramolecular Hbond substituents is 4. The van der Waals surface area contributed by atoms with Crippen LogP contribution in [0.3, 0.4) is 0 Å². The number of ketones is 4. The summed E-state index contributed by atoms with van der Waals surface area (Å²) in [4.78, 5) is 73.2. The smallest absolute Gasteiger partial charge is 0.250 e. The number of carbonyl (C=O) groups excluding carboxylic acids is 4. The van der Waals surface area contributed by atoms with E-state index < -0.39 is 0 Å². The highest BCUT2D eigenvalue weighted by Crippen LogP contribution is 2.48. The number of hydrogen-bond donors (Lipinski definition) is 8. The van der Waals surface area contributed by atoms with Crippen molar-refractivity contribution < 1.29 is 58.7 Å². The summed E-state index contributed by atoms with van der Waals surface area (Å²) in [5, 5.41) is 67.5. The van der Waals surface area contributed by atoms with E-state index in [1.165, 1.54) is 80.5 Å². The zero-order valence-corrected chi connectivity index (χ0v) is 71.1. The maximum Gasteiger partial charge on any atom is 0.250 e. The first-order valence-corrected chi connectivity index (χ1v) is 43.6. The van der Waals surface area contributed by atoms with Crippen LogP contribution >= 0.6 is 68.0 Å². The number of thiophene rings is 4. The van der Waals surface area contributed by atoms with Crippen LogP contribution in [0.25, 0.3) is 129 Å². The van der Waals surface area contributed by atoms with Gasteiger partial charge in [-0.3, -0.25) is 19.2 Å². The number of aromatic nitrogens is 4. The van der Waals surface area contributed by atoms with E-state index in [0.717, 1.165) is 134 Å². The Hall–Kier alpha value is -14.8. The number of thiazole rings is 2. The topological polar surface area (TPSA) is 320 Å². The van der Waals surface area contributed by atoms with Crippen molar-refractivity contribution in [2.45, 2.75) is 27.7 Å². The Bertz CT molecular complexity index is 6610. The number of nitrogens with two attached hydrogens (primary N) is 2. The number of nitrogen functional groups attached to an aromatic ring is 2. The fraction of sp³-hybridized carbons (Fsp3) is 0.0400. The summed E-state index contributed by atoms with van der Waals surface area (Å²) in [5.41, 5.74) is 28.3. The Morgan fingerprint density at radius 2 is 0.573 bits per heavy atom. The second-order valence-electron chi connectivity index (χ2n) is 29.0. The molecule has 0 fully saturated rings. The molecule has 0 saturated heterocycles. The van der Waals surface area contributed by atoms with Gasteiger partial charge in [-0.05, 0) is 169 Å². The van der Waals surface area contributed by atoms with E-state index in [1.54, 1.807) is 53.9 Å². The van der Waals surface area contributed by atoms with Crippen LogP contribution in [-0.4, -0.2) is 73.7 Å². The van der Waals surface area contributed by atoms with Gasteiger partial charge < -0.3 is 50.9 Å². The summed E-state index contributed by atoms with van der Waals surface area (Å²) >= 11 is 8.45. The first-order chi connectivity index (χ1) is 60.0. The number of nitrogens with zero attached hydrogens (tertiary/aromatic N) is 4. The molecular weight excluding hydrogens is 1670 g/mol. The van der Waals surface area contributed by atoms with Gasteiger partial charge >= 0.3 is 0 Å². The van der Waals surface area contributed by atoms with Gasteiger partial charge in [0, 0.05) is 112 Å². The lowest BCUT2D eigenvalue weighted by atomic mass is 9.96. The quantitative estimate of drug-likeness (QED) is 0.0417. The van der Waals surface area contributed by atoms with Crippen LogP contribution in [0.5, 0.6) is 34.8 Å². The van der Waals surface area contributed by atoms with Gasteiger partial charge in [0.25, 0.3) is 5.88 Å². The number of oxazole rings is 2. The standard InChI is InChI=1S/C25H18N2O3S.C25H18N2O2S2.C25H17NO4S.C25H17NO3S2/c2*1-14-4-2-3-5-18(14)23(29)24-22(19-11-10-17(28)12-20(19)31-24)15-6-8-16(9-7-15)25-27-21(26)13-30-25;2*1-14-4-2-3-5-18(14)23(29)24-22(19-11-10-17(27)12-20(19)31-24)15-6-8-16(9-7-15)25-26-21(28)13-30-25/h2*2-13,28H,26H2,1H3;2*2-13,27-28H,1H3. The third-order valence-corrected chi connectivity index (χ3v) is 27.2. The van der Waals surface area contributed by atoms with Gasteiger partial charge in [-0.1, -0.05) is 170 Å². The zero-order chi connectivity index (χ0) is 86.1. The number of anilines is 2. The highest BCUT2D eigenvalue weighted by molar-refractivity contribution is 7.23. The largest absolute Gasteiger partial charge is 0.508 e. The SMILES string of the molecule is Cc1ccccc1C(=O)c1sc2cc(O)ccc2c1-c1ccc(-c2nc(N)co2)cc1.Cc1ccccc1C(=O)c1sc2cc(O)ccc2c1-c1ccc(-c2nc(N)cs2)cc1.Cc1ccccc1C(=O)c1sc2cc(O)ccc2c1-c1ccc(-c2nc(O)co2)cc1.Cc1ccccc1C(=O)c1sc2cc(O)ccc2c1-c1ccc(-c2nc(O)cs2)cc1. The number of benzene rings is 12. The van der Waals surface area contributed by atoms with Crippen LogP contribution in [0.2, 0.25) is 0 Å². The van der Waals surface area contributed by atoms with Crippen molar-refractivity contribution >= 4 is 143 Å². The van der Waals surface area contributed by atoms with Crippen LogP contribution in [-0.2, 0) is 0 Å². The molecule has 608 valence electrons. The number of aromatic hydroxyl groups is 6. The van der Waals surface area contributed by atoms with E-state index >= 15 is 0 Å². The summed E-state index contributed by atoms with van der Waals surface area (Å²) in [6.07, 6.45) is 2.59. The lowest BCUT2D eigenvalue weighted by Crippen LogP contribution is -2.02. The van der Waals surface area contributed by atoms with E-state index in [1.807, 2.05) is 251 Å². The molecule has 124 heavy (non-hydrogen) atoms. The Morgan fingerprint density at radius 3 is 0.839 bits per heavy atom. The van der Waals surface area contributed by atoms with Crippen molar-refractivity contribution in [2.24, 2.45) is 0 Å². The second kappa shape index (κ2) is 34.8. The van der Waals surface area contributed by atoms with E-state index in [2.05, 4.69) is 19.9 Å². The second-order valence-corrected chi connectivity index (χ2v) is 34.9. The number of hydrogen-bond acceptors (Lipinski definition) is 24. The molecule has 0 atom stereocenters. The van der Waals surface area contributed by atoms with Gasteiger partial charge in [0.15, 0.2) is 12.1 Å². The van der Waals surface area contributed by atoms with E-state index in [0.29, 0.717) is 70.7 Å². The highest BCUT2D eigenvalue weighted by Gasteiger charge is 2.29. The van der Waals surface area contributed by atoms with Gasteiger partial charge in [0.05, 0.1) is 24.9 Å². The molecule has 24 heteroatoms. The molecular formula is C100H70N6O12S6. The number of fused-ring (bicyclic) bond motifs is 4. The van der Waals surface area contributed by atoms with E-state index in [4.69, 9.17) is 20.3 Å². The Kier molecular flexibility index (Phi) is 22.9. The summed E-state index contributed by atoms with van der Waals surface area (Å²) < 4.78 is 14.1. The van der Waals surface area contributed by atoms with Gasteiger partial charge in [-0.2, -0.15) is 9.97 Å². The summed E-state index contributed by atoms with van der Waals surface area (Å²) in [6.45, 7) is 7.74. The Labute approximate surface area is 732 Å². The average molecular weight is 1740 g/mol. The molecule has 0 radical (unpaired) electrons. The summed E-state index contributed by atoms with van der Waals surface area (Å²) in [5.74, 6) is 2.03. The van der Waals surface area contributed by atoms with Crippen molar-refractivity contribution in [1.29, 1.82) is 0 Å². The normalized spacial score (nSPS) is 11.1. The molecule has 8 aromatic heterocycles. The molecule has 0 unspecified atom stereocenters. The van der Waals surface area contributed by atoms with Gasteiger partial charge in [-0.15, -0.1) is 68.0 Å². The maximum atomic E-state index is 13.5. The molecule has 0 aliphatic carbocycles. The summed E-state index contributed by atoms with van der Waals surface area (Å²) in [7, 11) is 0. The molecule has 0 amide bonds. The molecule has 10 N–H and O–H groups in total. The van der Waals surface area contributed by atoms with E-state index in [9.17, 15) is 49.8 Å². The number of carbonyl (C=O) groups is 4. The monoisotopic (exact) mass is 1740 g/mol. The number of phenols is 4. The Balaban J connectivity index is 0.000000117. The van der Waals surface area contributed by atoms with Crippen LogP contribution in [0.1, 0.15) is 83.2 Å². The number of rotatable bonds is 16. The van der Waals surface area contributed by atoms with Gasteiger partial charge in [-0.25, -0.2) is 9.97 Å². The highest BCUT2D eigenvalue weighted by atomic mass is 32.1. The first-order valence-electron chi connectivity index (χ1n) is 38.6. The fourth-order valence-corrected chi connectivity index (χ4v) is 20.9. The molecule has 0 saturated carbocycles. The van der Waals surface area contributed by atoms with Crippen LogP contribution in [0.4, 0.5) is 11.6 Å². The summed E-state index contributed by atoms with van der Waals surface area (Å²) in [6, 6.07) is 82.1.